The van der Waals surface area contributed by atoms with Gasteiger partial charge in [-0.1, -0.05) is 11.6 Å². The van der Waals surface area contributed by atoms with Crippen molar-refractivity contribution in [3.05, 3.63) is 47.2 Å². The average molecular weight is 379 g/mol. The predicted octanol–water partition coefficient (Wildman–Crippen LogP) is 3.30. The number of ether oxygens (including phenoxy) is 2. The molecule has 0 aliphatic heterocycles. The molecule has 0 spiro atoms. The van der Waals surface area contributed by atoms with Crippen LogP contribution in [0.1, 0.15) is 19.4 Å². The predicted molar refractivity (Wildman–Crippen MR) is 106 cm³/mol. The van der Waals surface area contributed by atoms with Crippen LogP contribution < -0.4 is 20.1 Å². The molecule has 0 saturated carbocycles. The first-order valence-corrected chi connectivity index (χ1v) is 9.17. The van der Waals surface area contributed by atoms with Crippen molar-refractivity contribution in [1.29, 1.82) is 0 Å². The largest absolute Gasteiger partial charge is 0.493 e. The molecule has 1 aromatic carbocycles. The first-order chi connectivity index (χ1) is 12.7. The molecule has 26 heavy (non-hydrogen) atoms. The lowest BCUT2D eigenvalue weighted by Crippen LogP contribution is -2.38. The van der Waals surface area contributed by atoms with Gasteiger partial charge in [0.1, 0.15) is 0 Å². The van der Waals surface area contributed by atoms with Crippen LogP contribution in [0, 0.1) is 0 Å². The highest BCUT2D eigenvalue weighted by molar-refractivity contribution is 6.32. The Bertz CT molecular complexity index is 702. The Labute approximate surface area is 160 Å². The maximum absolute atomic E-state index is 6.32. The van der Waals surface area contributed by atoms with Crippen molar-refractivity contribution in [2.24, 2.45) is 4.99 Å². The quantitative estimate of drug-likeness (QED) is 0.519. The molecule has 0 fully saturated rings. The van der Waals surface area contributed by atoms with Crippen LogP contribution >= 0.6 is 11.6 Å². The first kappa shape index (κ1) is 20.0. The second-order valence-corrected chi connectivity index (χ2v) is 5.99. The van der Waals surface area contributed by atoms with Gasteiger partial charge in [-0.25, -0.2) is 4.99 Å². The third-order valence-corrected chi connectivity index (χ3v) is 3.95. The number of benzene rings is 1. The lowest BCUT2D eigenvalue weighted by Gasteiger charge is -2.14. The van der Waals surface area contributed by atoms with Crippen LogP contribution in [0.15, 0.2) is 41.7 Å². The van der Waals surface area contributed by atoms with Crippen LogP contribution in [0.4, 0.5) is 0 Å². The highest BCUT2D eigenvalue weighted by atomic mass is 35.5. The topological polar surface area (TPSA) is 59.8 Å². The van der Waals surface area contributed by atoms with Crippen LogP contribution in [-0.4, -0.2) is 37.3 Å². The third-order valence-electron chi connectivity index (χ3n) is 3.67. The summed E-state index contributed by atoms with van der Waals surface area (Å²) in [4.78, 5) is 4.62. The molecule has 7 heteroatoms. The van der Waals surface area contributed by atoms with E-state index in [1.54, 1.807) is 7.11 Å². The van der Waals surface area contributed by atoms with Gasteiger partial charge >= 0.3 is 0 Å². The molecule has 0 radical (unpaired) electrons. The van der Waals surface area contributed by atoms with E-state index in [4.69, 9.17) is 21.1 Å². The molecule has 0 amide bonds. The Kier molecular flexibility index (Phi) is 8.15. The van der Waals surface area contributed by atoms with E-state index in [1.807, 2.05) is 50.5 Å². The summed E-state index contributed by atoms with van der Waals surface area (Å²) < 4.78 is 13.1. The number of rotatable bonds is 9. The number of aromatic nitrogens is 1. The number of guanidine groups is 1. The van der Waals surface area contributed by atoms with Crippen LogP contribution in [0.3, 0.4) is 0 Å². The van der Waals surface area contributed by atoms with Crippen molar-refractivity contribution in [3.8, 4) is 11.5 Å². The maximum atomic E-state index is 6.32. The molecule has 1 heterocycles. The molecular weight excluding hydrogens is 352 g/mol. The number of hydrogen-bond acceptors (Lipinski definition) is 3. The Morgan fingerprint density at radius 3 is 2.62 bits per heavy atom. The molecule has 142 valence electrons. The molecular formula is C19H27ClN4O2. The van der Waals surface area contributed by atoms with Crippen molar-refractivity contribution in [3.63, 3.8) is 0 Å². The lowest BCUT2D eigenvalue weighted by molar-refractivity contribution is 0.311. The Balaban J connectivity index is 2.02. The molecule has 0 saturated heterocycles. The molecule has 1 aromatic heterocycles. The van der Waals surface area contributed by atoms with E-state index >= 15 is 0 Å². The van der Waals surface area contributed by atoms with Crippen molar-refractivity contribution in [1.82, 2.24) is 15.2 Å². The summed E-state index contributed by atoms with van der Waals surface area (Å²) in [5.41, 5.74) is 0.956. The fraction of sp³-hybridized carbons (Fsp3) is 0.421. The molecule has 0 aliphatic carbocycles. The monoisotopic (exact) mass is 378 g/mol. The number of hydrogen-bond donors (Lipinski definition) is 2. The van der Waals surface area contributed by atoms with E-state index in [9.17, 15) is 0 Å². The molecule has 2 aromatic rings. The van der Waals surface area contributed by atoms with Gasteiger partial charge in [0.25, 0.3) is 0 Å². The van der Waals surface area contributed by atoms with Crippen molar-refractivity contribution in [2.45, 2.75) is 26.9 Å². The van der Waals surface area contributed by atoms with Gasteiger partial charge in [-0.05, 0) is 43.7 Å². The number of halogens is 1. The van der Waals surface area contributed by atoms with Crippen molar-refractivity contribution in [2.75, 3.05) is 26.8 Å². The van der Waals surface area contributed by atoms with Gasteiger partial charge in [-0.15, -0.1) is 0 Å². The second-order valence-electron chi connectivity index (χ2n) is 5.58. The summed E-state index contributed by atoms with van der Waals surface area (Å²) in [5, 5.41) is 7.11. The minimum absolute atomic E-state index is 0.487. The van der Waals surface area contributed by atoms with Gasteiger partial charge in [0.05, 0.1) is 25.3 Å². The van der Waals surface area contributed by atoms with Crippen LogP contribution in [0.25, 0.3) is 0 Å². The summed E-state index contributed by atoms with van der Waals surface area (Å²) in [7, 11) is 1.61. The van der Waals surface area contributed by atoms with Gasteiger partial charge < -0.3 is 24.7 Å². The zero-order valence-corrected chi connectivity index (χ0v) is 16.3. The second kappa shape index (κ2) is 10.6. The standard InChI is InChI=1S/C19H27ClN4O2/c1-4-21-19(22-8-11-24-9-6-7-10-24)23-14-15-12-16(20)18(26-5-2)17(13-15)25-3/h6-7,9-10,12-13H,4-5,8,11,14H2,1-3H3,(H2,21,22,23). The molecule has 2 N–H and O–H groups in total. The zero-order chi connectivity index (χ0) is 18.8. The maximum Gasteiger partial charge on any atom is 0.191 e. The molecule has 2 rings (SSSR count). The minimum Gasteiger partial charge on any atom is -0.493 e. The summed E-state index contributed by atoms with van der Waals surface area (Å²) in [6.45, 7) is 7.43. The SMILES string of the molecule is CCNC(=NCc1cc(Cl)c(OCC)c(OC)c1)NCCn1cccc1. The smallest absolute Gasteiger partial charge is 0.191 e. The Morgan fingerprint density at radius 2 is 1.96 bits per heavy atom. The molecule has 0 unspecified atom stereocenters. The summed E-state index contributed by atoms with van der Waals surface area (Å²) in [6, 6.07) is 7.80. The van der Waals surface area contributed by atoms with E-state index in [-0.39, 0.29) is 0 Å². The highest BCUT2D eigenvalue weighted by Gasteiger charge is 2.11. The summed E-state index contributed by atoms with van der Waals surface area (Å²) in [5.74, 6) is 1.96. The van der Waals surface area contributed by atoms with Crippen LogP contribution in [0.5, 0.6) is 11.5 Å². The number of aliphatic imine (C=N–C) groups is 1. The van der Waals surface area contributed by atoms with Crippen molar-refractivity contribution >= 4 is 17.6 Å². The number of nitrogens with one attached hydrogen (secondary N) is 2. The summed E-state index contributed by atoms with van der Waals surface area (Å²) in [6.07, 6.45) is 4.08. The first-order valence-electron chi connectivity index (χ1n) is 8.80. The van der Waals surface area contributed by atoms with E-state index < -0.39 is 0 Å². The van der Waals surface area contributed by atoms with Crippen molar-refractivity contribution < 1.29 is 9.47 Å². The van der Waals surface area contributed by atoms with Crippen LogP contribution in [-0.2, 0) is 13.1 Å². The van der Waals surface area contributed by atoms with Crippen LogP contribution in [0.2, 0.25) is 5.02 Å². The normalized spacial score (nSPS) is 11.3. The Morgan fingerprint density at radius 1 is 1.19 bits per heavy atom. The summed E-state index contributed by atoms with van der Waals surface area (Å²) >= 11 is 6.32. The average Bonchev–Trinajstić information content (AvgIpc) is 3.15. The fourth-order valence-electron chi connectivity index (χ4n) is 2.48. The molecule has 0 atom stereocenters. The van der Waals surface area contributed by atoms with Gasteiger partial charge in [0, 0.05) is 32.0 Å². The van der Waals surface area contributed by atoms with E-state index in [0.29, 0.717) is 29.7 Å². The van der Waals surface area contributed by atoms with Gasteiger partial charge in [0.15, 0.2) is 17.5 Å². The molecule has 0 bridgehead atoms. The fourth-order valence-corrected chi connectivity index (χ4v) is 2.77. The third kappa shape index (κ3) is 5.88. The Hall–Kier alpha value is -2.34. The van der Waals surface area contributed by atoms with E-state index in [1.165, 1.54) is 0 Å². The van der Waals surface area contributed by atoms with E-state index in [2.05, 4.69) is 20.2 Å². The number of nitrogens with zero attached hydrogens (tertiary/aromatic N) is 2. The lowest BCUT2D eigenvalue weighted by atomic mass is 10.2. The van der Waals surface area contributed by atoms with Gasteiger partial charge in [0.2, 0.25) is 0 Å². The minimum atomic E-state index is 0.487. The van der Waals surface area contributed by atoms with E-state index in [0.717, 1.165) is 31.2 Å². The molecule has 0 aliphatic rings. The molecule has 6 nitrogen and oxygen atoms in total. The van der Waals surface area contributed by atoms with Gasteiger partial charge in [-0.2, -0.15) is 0 Å². The van der Waals surface area contributed by atoms with Gasteiger partial charge in [-0.3, -0.25) is 0 Å². The number of methoxy groups -OCH3 is 1. The zero-order valence-electron chi connectivity index (χ0n) is 15.6. The highest BCUT2D eigenvalue weighted by Crippen LogP contribution is 2.36.